The lowest BCUT2D eigenvalue weighted by molar-refractivity contribution is -0.161. The predicted molar refractivity (Wildman–Crippen MR) is 354 cm³/mol. The van der Waals surface area contributed by atoms with Crippen LogP contribution in [0, 0.1) is 17.8 Å². The number of hydrogen-bond acceptors (Lipinski definition) is 15. The first kappa shape index (κ1) is 86.1. The quantitative estimate of drug-likeness (QED) is 0.0222. The van der Waals surface area contributed by atoms with Crippen molar-refractivity contribution in [3.8, 4) is 0 Å². The minimum atomic E-state index is -4.95. The van der Waals surface area contributed by atoms with Crippen LogP contribution in [0.1, 0.15) is 344 Å². The largest absolute Gasteiger partial charge is 0.472 e. The van der Waals surface area contributed by atoms with E-state index in [2.05, 4.69) is 48.5 Å². The number of rotatable bonds is 67. The van der Waals surface area contributed by atoms with Gasteiger partial charge in [0.15, 0.2) is 12.2 Å². The van der Waals surface area contributed by atoms with E-state index in [0.29, 0.717) is 37.5 Å². The van der Waals surface area contributed by atoms with E-state index in [9.17, 15) is 43.2 Å². The summed E-state index contributed by atoms with van der Waals surface area (Å²) in [6.45, 7) is 11.7. The predicted octanol–water partition coefficient (Wildman–Crippen LogP) is 19.5. The van der Waals surface area contributed by atoms with Gasteiger partial charge < -0.3 is 33.8 Å². The number of phosphoric ester groups is 2. The van der Waals surface area contributed by atoms with Gasteiger partial charge in [0, 0.05) is 25.7 Å². The molecule has 0 spiro atoms. The number of esters is 4. The highest BCUT2D eigenvalue weighted by Gasteiger charge is 2.30. The van der Waals surface area contributed by atoms with Gasteiger partial charge in [-0.15, -0.1) is 0 Å². The maximum absolute atomic E-state index is 13.0. The van der Waals surface area contributed by atoms with Crippen molar-refractivity contribution in [3.05, 3.63) is 0 Å². The number of phosphoric acid groups is 2. The fraction of sp³-hybridized carbons (Fsp3) is 0.942. The number of aliphatic hydroxyl groups excluding tert-OH is 1. The Morgan fingerprint density at radius 1 is 0.307 bits per heavy atom. The molecule has 0 amide bonds. The molecule has 0 aliphatic carbocycles. The Balaban J connectivity index is 5.18. The Labute approximate surface area is 537 Å². The second kappa shape index (κ2) is 60.0. The second-order valence-electron chi connectivity index (χ2n) is 26.3. The van der Waals surface area contributed by atoms with E-state index in [4.69, 9.17) is 37.0 Å². The van der Waals surface area contributed by atoms with Gasteiger partial charge in [0.2, 0.25) is 0 Å². The van der Waals surface area contributed by atoms with Crippen LogP contribution in [0.5, 0.6) is 0 Å². The summed E-state index contributed by atoms with van der Waals surface area (Å²) in [5, 5.41) is 10.6. The molecule has 522 valence electrons. The van der Waals surface area contributed by atoms with E-state index in [1.807, 2.05) is 0 Å². The molecule has 0 radical (unpaired) electrons. The number of unbranched alkanes of at least 4 members (excludes halogenated alkanes) is 35. The van der Waals surface area contributed by atoms with Crippen molar-refractivity contribution in [2.24, 2.45) is 17.8 Å². The zero-order valence-electron chi connectivity index (χ0n) is 57.2. The van der Waals surface area contributed by atoms with E-state index >= 15 is 0 Å². The molecule has 19 heteroatoms. The van der Waals surface area contributed by atoms with Crippen molar-refractivity contribution >= 4 is 39.5 Å². The zero-order valence-corrected chi connectivity index (χ0v) is 59.0. The van der Waals surface area contributed by atoms with Gasteiger partial charge in [-0.2, -0.15) is 0 Å². The van der Waals surface area contributed by atoms with E-state index in [0.717, 1.165) is 102 Å². The normalized spacial score (nSPS) is 14.2. The molecule has 0 aliphatic rings. The van der Waals surface area contributed by atoms with Crippen LogP contribution in [0.25, 0.3) is 0 Å². The lowest BCUT2D eigenvalue weighted by atomic mass is 10.0. The van der Waals surface area contributed by atoms with Crippen molar-refractivity contribution in [1.82, 2.24) is 0 Å². The summed E-state index contributed by atoms with van der Waals surface area (Å²) < 4.78 is 68.1. The van der Waals surface area contributed by atoms with Crippen LogP contribution in [0.4, 0.5) is 0 Å². The van der Waals surface area contributed by atoms with E-state index in [1.165, 1.54) is 148 Å². The summed E-state index contributed by atoms with van der Waals surface area (Å²) in [5.41, 5.74) is 0. The van der Waals surface area contributed by atoms with Crippen LogP contribution in [-0.2, 0) is 65.4 Å². The van der Waals surface area contributed by atoms with Crippen molar-refractivity contribution in [3.63, 3.8) is 0 Å². The fourth-order valence-corrected chi connectivity index (χ4v) is 11.9. The molecule has 0 saturated carbocycles. The highest BCUT2D eigenvalue weighted by molar-refractivity contribution is 7.47. The first-order valence-corrected chi connectivity index (χ1v) is 38.8. The van der Waals surface area contributed by atoms with Gasteiger partial charge in [-0.05, 0) is 43.4 Å². The van der Waals surface area contributed by atoms with Crippen LogP contribution in [0.2, 0.25) is 0 Å². The Morgan fingerprint density at radius 2 is 0.523 bits per heavy atom. The minimum absolute atomic E-state index is 0.101. The fourth-order valence-electron chi connectivity index (χ4n) is 10.4. The molecule has 5 atom stereocenters. The standard InChI is InChI=1S/C69H134O17P2/c1-8-9-10-11-12-13-20-24-27-36-43-50-66(71)79-56-64(85-68(73)52-45-38-28-25-22-19-17-15-14-16-18-21-23-26-33-40-47-60(2)3)58-83-87(75,76)81-54-63(70)55-82-88(77,78)84-59-65(86-69(74)53-46-39-32-30-35-42-49-62(6)7)57-80-67(72)51-44-37-31-29-34-41-48-61(4)5/h60-65,70H,8-59H2,1-7H3,(H,75,76)(H,77,78)/t63-,64-,65-/m1/s1. The number of ether oxygens (including phenoxy) is 4. The Hall–Kier alpha value is -1.94. The first-order chi connectivity index (χ1) is 42.2. The van der Waals surface area contributed by atoms with E-state index < -0.39 is 97.5 Å². The van der Waals surface area contributed by atoms with Crippen LogP contribution < -0.4 is 0 Å². The summed E-state index contributed by atoms with van der Waals surface area (Å²) in [5.74, 6) is 0.0241. The second-order valence-corrected chi connectivity index (χ2v) is 29.3. The summed E-state index contributed by atoms with van der Waals surface area (Å²) in [4.78, 5) is 72.3. The molecule has 0 aromatic carbocycles. The smallest absolute Gasteiger partial charge is 0.462 e. The third kappa shape index (κ3) is 62.8. The van der Waals surface area contributed by atoms with Gasteiger partial charge in [-0.3, -0.25) is 37.3 Å². The van der Waals surface area contributed by atoms with Crippen LogP contribution in [-0.4, -0.2) is 96.7 Å². The topological polar surface area (TPSA) is 237 Å². The van der Waals surface area contributed by atoms with Crippen molar-refractivity contribution in [1.29, 1.82) is 0 Å². The maximum atomic E-state index is 13.0. The van der Waals surface area contributed by atoms with Crippen molar-refractivity contribution < 1.29 is 80.2 Å². The molecular weight excluding hydrogens is 1160 g/mol. The average Bonchev–Trinajstić information content (AvgIpc) is 3.69. The van der Waals surface area contributed by atoms with Crippen molar-refractivity contribution in [2.45, 2.75) is 362 Å². The molecule has 88 heavy (non-hydrogen) atoms. The van der Waals surface area contributed by atoms with Crippen LogP contribution in [0.3, 0.4) is 0 Å². The Morgan fingerprint density at radius 3 is 0.773 bits per heavy atom. The van der Waals surface area contributed by atoms with Gasteiger partial charge in [0.1, 0.15) is 19.3 Å². The molecule has 0 aromatic rings. The molecule has 2 unspecified atom stereocenters. The Bertz CT molecular complexity index is 1730. The molecule has 0 saturated heterocycles. The monoisotopic (exact) mass is 1300 g/mol. The lowest BCUT2D eigenvalue weighted by Gasteiger charge is -2.21. The summed E-state index contributed by atoms with van der Waals surface area (Å²) in [6.07, 6.45) is 43.4. The average molecular weight is 1300 g/mol. The van der Waals surface area contributed by atoms with Gasteiger partial charge in [0.25, 0.3) is 0 Å². The van der Waals surface area contributed by atoms with E-state index in [1.54, 1.807) is 0 Å². The van der Waals surface area contributed by atoms with Gasteiger partial charge in [-0.25, -0.2) is 9.13 Å². The lowest BCUT2D eigenvalue weighted by Crippen LogP contribution is -2.30. The SMILES string of the molecule is CCCCCCCCCCCCCC(=O)OC[C@H](COP(=O)(O)OC[C@@H](O)COP(=O)(O)OC[C@@H](COC(=O)CCCCCCCCC(C)C)OC(=O)CCCCCCCCC(C)C)OC(=O)CCCCCCCCCCCCCCCCCCC(C)C. The third-order valence-corrected chi connectivity index (χ3v) is 17.8. The highest BCUT2D eigenvalue weighted by atomic mass is 31.2. The van der Waals surface area contributed by atoms with Crippen LogP contribution in [0.15, 0.2) is 0 Å². The van der Waals surface area contributed by atoms with Gasteiger partial charge >= 0.3 is 39.5 Å². The number of aliphatic hydroxyl groups is 1. The van der Waals surface area contributed by atoms with Crippen LogP contribution >= 0.6 is 15.6 Å². The summed E-state index contributed by atoms with van der Waals surface area (Å²) in [7, 11) is -9.89. The molecule has 0 heterocycles. The summed E-state index contributed by atoms with van der Waals surface area (Å²) >= 11 is 0. The van der Waals surface area contributed by atoms with Gasteiger partial charge in [0.05, 0.1) is 26.4 Å². The molecule has 0 bridgehead atoms. The highest BCUT2D eigenvalue weighted by Crippen LogP contribution is 2.45. The maximum Gasteiger partial charge on any atom is 0.472 e. The molecule has 3 N–H and O–H groups in total. The first-order valence-electron chi connectivity index (χ1n) is 35.8. The molecule has 0 fully saturated rings. The molecule has 0 aromatic heterocycles. The minimum Gasteiger partial charge on any atom is -0.462 e. The molecule has 17 nitrogen and oxygen atoms in total. The zero-order chi connectivity index (χ0) is 65.2. The molecule has 0 aliphatic heterocycles. The summed E-state index contributed by atoms with van der Waals surface area (Å²) in [6, 6.07) is 0. The number of carbonyl (C=O) groups is 4. The van der Waals surface area contributed by atoms with E-state index in [-0.39, 0.29) is 25.7 Å². The third-order valence-electron chi connectivity index (χ3n) is 15.9. The van der Waals surface area contributed by atoms with Crippen molar-refractivity contribution in [2.75, 3.05) is 39.6 Å². The number of hydrogen-bond donors (Lipinski definition) is 3. The molecular formula is C69H134O17P2. The molecule has 0 rings (SSSR count). The van der Waals surface area contributed by atoms with Gasteiger partial charge in [-0.1, -0.05) is 292 Å². The Kier molecular flexibility index (Phi) is 58.7. The number of carbonyl (C=O) groups excluding carboxylic acids is 4.